The van der Waals surface area contributed by atoms with E-state index in [2.05, 4.69) is 10.1 Å². The van der Waals surface area contributed by atoms with E-state index in [1.165, 1.54) is 45.6 Å². The van der Waals surface area contributed by atoms with Gasteiger partial charge in [-0.05, 0) is 74.6 Å². The molecule has 5 rings (SSSR count). The molecule has 15 heteroatoms. The molecule has 4 aliphatic rings. The number of sulfonamides is 1. The minimum Gasteiger partial charge on any atom is -0.453 e. The van der Waals surface area contributed by atoms with Crippen LogP contribution in [0.2, 0.25) is 0 Å². The summed E-state index contributed by atoms with van der Waals surface area (Å²) >= 11 is 0. The smallest absolute Gasteiger partial charge is 0.453 e. The summed E-state index contributed by atoms with van der Waals surface area (Å²) in [5.74, 6) is -2.00. The maximum atomic E-state index is 14.1. The van der Waals surface area contributed by atoms with Gasteiger partial charge in [-0.25, -0.2) is 13.2 Å². The van der Waals surface area contributed by atoms with Crippen molar-refractivity contribution in [3.63, 3.8) is 0 Å². The van der Waals surface area contributed by atoms with Gasteiger partial charge >= 0.3 is 18.3 Å². The summed E-state index contributed by atoms with van der Waals surface area (Å²) in [5.41, 5.74) is 0.388. The highest BCUT2D eigenvalue weighted by atomic mass is 32.2. The zero-order valence-corrected chi connectivity index (χ0v) is 23.6. The third kappa shape index (κ3) is 5.74. The van der Waals surface area contributed by atoms with Crippen molar-refractivity contribution in [2.45, 2.75) is 61.7 Å². The number of methoxy groups -OCH3 is 1. The lowest BCUT2D eigenvalue weighted by Gasteiger charge is -2.40. The molecule has 0 aromatic heterocycles. The second-order valence-corrected chi connectivity index (χ2v) is 13.2. The number of alkyl halides is 3. The Bertz CT molecular complexity index is 1260. The monoisotopic (exact) mass is 602 g/mol. The van der Waals surface area contributed by atoms with Crippen molar-refractivity contribution in [3.05, 3.63) is 29.2 Å². The highest BCUT2D eigenvalue weighted by Crippen LogP contribution is 2.46. The van der Waals surface area contributed by atoms with E-state index in [-0.39, 0.29) is 41.2 Å². The first kappa shape index (κ1) is 29.5. The summed E-state index contributed by atoms with van der Waals surface area (Å²) in [7, 11) is -2.56. The van der Waals surface area contributed by atoms with Crippen LogP contribution in [0.15, 0.2) is 29.2 Å². The van der Waals surface area contributed by atoms with E-state index >= 15 is 0 Å². The molecule has 1 N–H and O–H groups in total. The first-order valence-electron chi connectivity index (χ1n) is 14.0. The van der Waals surface area contributed by atoms with Gasteiger partial charge in [-0.1, -0.05) is 0 Å². The summed E-state index contributed by atoms with van der Waals surface area (Å²) in [6.45, 7) is 1.47. The average molecular weight is 603 g/mol. The number of benzene rings is 1. The van der Waals surface area contributed by atoms with Crippen LogP contribution in [0.1, 0.15) is 38.5 Å². The molecule has 0 saturated carbocycles. The lowest BCUT2D eigenvalue weighted by Crippen LogP contribution is -2.50. The predicted octanol–water partition coefficient (Wildman–Crippen LogP) is 3.22. The van der Waals surface area contributed by atoms with Crippen LogP contribution in [-0.4, -0.2) is 97.6 Å². The zero-order chi connectivity index (χ0) is 29.5. The van der Waals surface area contributed by atoms with Gasteiger partial charge in [-0.3, -0.25) is 10.1 Å². The third-order valence-corrected chi connectivity index (χ3v) is 10.9. The Labute approximate surface area is 236 Å². The Morgan fingerprint density at radius 2 is 1.59 bits per heavy atom. The number of hydrazine groups is 1. The van der Waals surface area contributed by atoms with E-state index in [4.69, 9.17) is 0 Å². The lowest BCUT2D eigenvalue weighted by atomic mass is 9.74. The molecule has 0 aliphatic carbocycles. The Kier molecular flexibility index (Phi) is 8.21. The van der Waals surface area contributed by atoms with Crippen molar-refractivity contribution in [2.24, 2.45) is 17.8 Å². The number of halogens is 3. The molecule has 4 atom stereocenters. The van der Waals surface area contributed by atoms with Crippen LogP contribution in [0.5, 0.6) is 0 Å². The van der Waals surface area contributed by atoms with Gasteiger partial charge < -0.3 is 9.64 Å². The molecule has 0 spiro atoms. The van der Waals surface area contributed by atoms with Gasteiger partial charge in [0.05, 0.1) is 23.5 Å². The Balaban J connectivity index is 1.25. The summed E-state index contributed by atoms with van der Waals surface area (Å²) in [6, 6.07) is 2.54. The molecule has 1 aromatic rings. The number of hydrogen-bond acceptors (Lipinski definition) is 6. The highest BCUT2D eigenvalue weighted by molar-refractivity contribution is 7.89. The second kappa shape index (κ2) is 11.4. The molecule has 11 nitrogen and oxygen atoms in total. The van der Waals surface area contributed by atoms with Crippen LogP contribution in [0.4, 0.5) is 23.7 Å². The normalized spacial score (nSPS) is 28.0. The van der Waals surface area contributed by atoms with E-state index < -0.39 is 46.2 Å². The number of amides is 2. The predicted molar refractivity (Wildman–Crippen MR) is 140 cm³/mol. The molecule has 4 unspecified atom stereocenters. The fraction of sp³-hybridized carbons (Fsp3) is 0.692. The standard InChI is InChI=1S/C26H34F3N5O6S/c1-40-25(36)30-19-4-6-20(7-5-19)41(38,39)32-13-8-17(9-14-32)18-10-15-33-21(16-18)22(23(34(33)37)26(27,28)29)24(35)31-11-2-3-12-31/h4-7,17-18,21-23H,2-3,8-16H2,1H3/p+1. The minimum atomic E-state index is -4.83. The number of carbonyl (C=O) groups is 2. The first-order valence-corrected chi connectivity index (χ1v) is 15.4. The maximum Gasteiger partial charge on any atom is 0.460 e. The van der Waals surface area contributed by atoms with Crippen LogP contribution >= 0.6 is 0 Å². The number of likely N-dealkylation sites (tertiary alicyclic amines) is 1. The van der Waals surface area contributed by atoms with Crippen molar-refractivity contribution in [1.82, 2.24) is 14.2 Å². The van der Waals surface area contributed by atoms with Crippen LogP contribution in [-0.2, 0) is 19.6 Å². The molecule has 2 amide bonds. The molecule has 4 fully saturated rings. The lowest BCUT2D eigenvalue weighted by molar-refractivity contribution is -0.735. The fourth-order valence-corrected chi connectivity index (χ4v) is 8.39. The van der Waals surface area contributed by atoms with E-state index in [9.17, 15) is 36.1 Å². The Hall–Kier alpha value is -2.94. The van der Waals surface area contributed by atoms with Crippen molar-refractivity contribution in [1.29, 1.82) is 0 Å². The Morgan fingerprint density at radius 3 is 2.17 bits per heavy atom. The number of nitrogens with zero attached hydrogens (tertiary/aromatic N) is 4. The molecule has 41 heavy (non-hydrogen) atoms. The number of hydrogen-bond donors (Lipinski definition) is 1. The third-order valence-electron chi connectivity index (χ3n) is 9.03. The highest BCUT2D eigenvalue weighted by Gasteiger charge is 2.71. The number of fused-ring (bicyclic) bond motifs is 1. The number of rotatable bonds is 5. The summed E-state index contributed by atoms with van der Waals surface area (Å²) < 4.78 is 74.6. The molecule has 4 saturated heterocycles. The largest absolute Gasteiger partial charge is 0.460 e. The minimum absolute atomic E-state index is 0.000674. The van der Waals surface area contributed by atoms with Gasteiger partial charge in [0.15, 0.2) is 0 Å². The van der Waals surface area contributed by atoms with Gasteiger partial charge in [0.1, 0.15) is 16.8 Å². The molecular formula is C26H35F3N5O6S+. The summed E-state index contributed by atoms with van der Waals surface area (Å²) in [6.07, 6.45) is -2.15. The van der Waals surface area contributed by atoms with Gasteiger partial charge in [0, 0.05) is 31.9 Å². The van der Waals surface area contributed by atoms with Crippen LogP contribution in [0.3, 0.4) is 0 Å². The number of carbonyl (C=O) groups excluding carboxylic acids is 2. The topological polar surface area (TPSA) is 119 Å². The number of ether oxygens (including phenoxy) is 1. The Morgan fingerprint density at radius 1 is 0.976 bits per heavy atom. The number of piperidine rings is 2. The number of nitrogens with one attached hydrogen (secondary N) is 1. The molecule has 226 valence electrons. The first-order chi connectivity index (χ1) is 19.4. The van der Waals surface area contributed by atoms with Crippen molar-refractivity contribution in [3.8, 4) is 0 Å². The number of nitroso groups, excluding NO2 is 1. The van der Waals surface area contributed by atoms with Gasteiger partial charge in [-0.2, -0.15) is 17.5 Å². The van der Waals surface area contributed by atoms with Crippen LogP contribution in [0, 0.1) is 22.7 Å². The van der Waals surface area contributed by atoms with E-state index in [0.717, 1.165) is 12.8 Å². The van der Waals surface area contributed by atoms with E-state index in [1.807, 2.05) is 0 Å². The zero-order valence-electron chi connectivity index (χ0n) is 22.8. The molecule has 0 radical (unpaired) electrons. The summed E-state index contributed by atoms with van der Waals surface area (Å²) in [5, 5.41) is 3.67. The second-order valence-electron chi connectivity index (χ2n) is 11.2. The van der Waals surface area contributed by atoms with E-state index in [1.54, 1.807) is 0 Å². The summed E-state index contributed by atoms with van der Waals surface area (Å²) in [4.78, 5) is 39.0. The van der Waals surface area contributed by atoms with Crippen LogP contribution in [0.25, 0.3) is 0 Å². The van der Waals surface area contributed by atoms with Gasteiger partial charge in [-0.15, -0.1) is 5.01 Å². The van der Waals surface area contributed by atoms with E-state index in [0.29, 0.717) is 44.5 Å². The SMILES string of the molecule is COC(=O)Nc1ccc(S(=O)(=O)N2CCC(C3CCN4C(C3)C(C(=O)N3CCCC3)C(C(F)(F)F)[N+]4=O)CC2)cc1. The van der Waals surface area contributed by atoms with Gasteiger partial charge in [0.25, 0.3) is 0 Å². The molecule has 4 heterocycles. The van der Waals surface area contributed by atoms with Crippen molar-refractivity contribution < 1.29 is 40.8 Å². The fourth-order valence-electron chi connectivity index (χ4n) is 6.92. The molecule has 4 aliphatic heterocycles. The quantitative estimate of drug-likeness (QED) is 0.514. The molecule has 0 bridgehead atoms. The van der Waals surface area contributed by atoms with Crippen LogP contribution < -0.4 is 5.32 Å². The van der Waals surface area contributed by atoms with Crippen molar-refractivity contribution in [2.75, 3.05) is 45.2 Å². The molecular weight excluding hydrogens is 567 g/mol. The maximum absolute atomic E-state index is 14.1. The average Bonchev–Trinajstić information content (AvgIpc) is 3.59. The van der Waals surface area contributed by atoms with Gasteiger partial charge in [0.2, 0.25) is 15.9 Å². The molecule has 1 aromatic carbocycles. The van der Waals surface area contributed by atoms with Crippen molar-refractivity contribution >= 4 is 27.7 Å². The number of anilines is 1.